The molecule has 0 spiro atoms. The molecule has 0 aromatic rings. The van der Waals surface area contributed by atoms with E-state index in [0.717, 1.165) is 0 Å². The average molecular weight is 1180 g/mol. The van der Waals surface area contributed by atoms with E-state index in [1.54, 1.807) is 104 Å². The van der Waals surface area contributed by atoms with Gasteiger partial charge in [-0.15, -0.1) is 39.5 Å². The van der Waals surface area contributed by atoms with Crippen LogP contribution in [0.5, 0.6) is 0 Å². The number of rotatable bonds is 6. The summed E-state index contributed by atoms with van der Waals surface area (Å²) in [5.74, 6) is -0.137. The maximum absolute atomic E-state index is 11.9. The predicted octanol–water partition coefficient (Wildman–Crippen LogP) is 9.35. The van der Waals surface area contributed by atoms with E-state index in [0.29, 0.717) is 12.8 Å². The van der Waals surface area contributed by atoms with Gasteiger partial charge >= 0.3 is 0 Å². The van der Waals surface area contributed by atoms with Crippen LogP contribution < -0.4 is 0 Å². The fraction of sp³-hybridized carbons (Fsp3) is 0.765. The summed E-state index contributed by atoms with van der Waals surface area (Å²) in [6.45, 7) is 58.7. The van der Waals surface area contributed by atoms with Crippen LogP contribution in [0.15, 0.2) is 75.9 Å². The van der Waals surface area contributed by atoms with Crippen molar-refractivity contribution in [2.24, 2.45) is 22.7 Å². The second-order valence-corrected chi connectivity index (χ2v) is 35.7. The molecule has 8 atom stereocenters. The Morgan fingerprint density at radius 2 is 0.920 bits per heavy atom. The minimum atomic E-state index is -3.57. The van der Waals surface area contributed by atoms with Gasteiger partial charge in [0.15, 0.2) is 0 Å². The van der Waals surface area contributed by atoms with Crippen LogP contribution >= 0.6 is 0 Å². The van der Waals surface area contributed by atoms with Gasteiger partial charge in [0.25, 0.3) is 60.7 Å². The summed E-state index contributed by atoms with van der Waals surface area (Å²) in [4.78, 5) is 0. The Bertz CT molecular complexity index is 2890. The SMILES string of the molecule is C=CC1(C)C(C)(C)C(C)(C)OS1(=O)=O.C=CC1(C)C(C)C(C)(C)OS1(=O)=O.C=CC1(C)CC(C)(C)OS1(=O)=O.C=CC1C(C)(C)C(C)(C)OS1(=O)=O.C=CC1C(C)C(C)(C)OS1(=O)=O.C=CC1CC(C)(C)OS1(=O)=O. The molecule has 0 amide bonds. The summed E-state index contributed by atoms with van der Waals surface area (Å²) in [6, 6.07) is 0. The van der Waals surface area contributed by atoms with Crippen molar-refractivity contribution in [2.75, 3.05) is 0 Å². The molecule has 0 aliphatic carbocycles. The summed E-state index contributed by atoms with van der Waals surface area (Å²) in [6.07, 6.45) is 9.64. The molecule has 6 fully saturated rings. The Hall–Kier alpha value is -2.10. The van der Waals surface area contributed by atoms with E-state index >= 15 is 0 Å². The summed E-state index contributed by atoms with van der Waals surface area (Å²) in [5, 5.41) is -1.71. The van der Waals surface area contributed by atoms with Crippen molar-refractivity contribution in [3.8, 4) is 0 Å². The first-order valence-electron chi connectivity index (χ1n) is 24.2. The standard InChI is InChI=1S/C10H18O3S.2C9H16O3S.2C8H14O3S.C7H12O3S/c1-7-10(6)8(2,3)9(4,5)13-14(10,11)12;1-6-7-8(2,3)9(4,5)12-13(7,10)11;1-6-9(5)7(2)8(3,4)12-13(9,10)11;1-5-8(4)6-7(2,3)11-12(8,9)10;1-5-7-6(2)8(3,4)11-12(7,9)10;1-4-6-5-7(2,3)10-11(6,8)9/h7H,1H2,2-6H3;2*6-7H,1H2,2-5H3;5H,1,6H2,2-4H3;5-7H,1H2,2-4H3;4,6H,1,5H2,2-3H3. The fourth-order valence-electron chi connectivity index (χ4n) is 9.05. The molecule has 0 saturated carbocycles. The van der Waals surface area contributed by atoms with Crippen LogP contribution in [0.25, 0.3) is 0 Å². The Balaban J connectivity index is 0.000000451. The van der Waals surface area contributed by atoms with E-state index in [4.69, 9.17) is 25.1 Å². The second kappa shape index (κ2) is 21.8. The number of hydrogen-bond donors (Lipinski definition) is 0. The van der Waals surface area contributed by atoms with Crippen molar-refractivity contribution in [1.29, 1.82) is 0 Å². The van der Waals surface area contributed by atoms with Crippen molar-refractivity contribution in [3.63, 3.8) is 0 Å². The van der Waals surface area contributed by atoms with Gasteiger partial charge in [-0.2, -0.15) is 50.5 Å². The quantitative estimate of drug-likeness (QED) is 0.177. The van der Waals surface area contributed by atoms with E-state index < -0.39 is 135 Å². The van der Waals surface area contributed by atoms with Gasteiger partial charge in [-0.1, -0.05) is 78.0 Å². The molecule has 6 heterocycles. The van der Waals surface area contributed by atoms with E-state index in [9.17, 15) is 50.5 Å². The summed E-state index contributed by atoms with van der Waals surface area (Å²) in [5.41, 5.74) is -4.69. The van der Waals surface area contributed by atoms with Gasteiger partial charge < -0.3 is 0 Å². The highest BCUT2D eigenvalue weighted by Crippen LogP contribution is 2.56. The summed E-state index contributed by atoms with van der Waals surface area (Å²) in [7, 11) is -20.8. The lowest BCUT2D eigenvalue weighted by atomic mass is 9.68. The first kappa shape index (κ1) is 70.9. The lowest BCUT2D eigenvalue weighted by Gasteiger charge is -2.38. The van der Waals surface area contributed by atoms with Crippen LogP contribution in [0.1, 0.15) is 158 Å². The largest absolute Gasteiger partial charge is 0.277 e. The molecular weight excluding hydrogens is 1090 g/mol. The molecule has 8 unspecified atom stereocenters. The molecule has 18 nitrogen and oxygen atoms in total. The third-order valence-corrected chi connectivity index (χ3v) is 29.0. The maximum atomic E-state index is 11.9. The topological polar surface area (TPSA) is 260 Å². The van der Waals surface area contributed by atoms with Gasteiger partial charge in [0.1, 0.15) is 30.0 Å². The van der Waals surface area contributed by atoms with Crippen LogP contribution in [-0.4, -0.2) is 114 Å². The van der Waals surface area contributed by atoms with Crippen LogP contribution in [0.2, 0.25) is 0 Å². The highest BCUT2D eigenvalue weighted by molar-refractivity contribution is 7.89. The molecule has 24 heteroatoms. The predicted molar refractivity (Wildman–Crippen MR) is 297 cm³/mol. The minimum absolute atomic E-state index is 0.0417. The zero-order chi connectivity index (χ0) is 60.3. The van der Waals surface area contributed by atoms with Crippen LogP contribution in [-0.2, 0) is 85.8 Å². The van der Waals surface area contributed by atoms with Crippen molar-refractivity contribution < 1.29 is 75.6 Å². The minimum Gasteiger partial charge on any atom is -0.264 e. The van der Waals surface area contributed by atoms with Crippen molar-refractivity contribution in [2.45, 2.75) is 222 Å². The zero-order valence-corrected chi connectivity index (χ0v) is 53.2. The molecule has 0 radical (unpaired) electrons. The van der Waals surface area contributed by atoms with Gasteiger partial charge in [0.05, 0.1) is 33.6 Å². The molecule has 6 rings (SSSR count). The van der Waals surface area contributed by atoms with Gasteiger partial charge in [-0.25, -0.2) is 0 Å². The Morgan fingerprint density at radius 1 is 0.440 bits per heavy atom. The monoisotopic (exact) mass is 1180 g/mol. The molecule has 0 aromatic carbocycles. The van der Waals surface area contributed by atoms with E-state index in [2.05, 4.69) is 39.5 Å². The molecule has 6 saturated heterocycles. The zero-order valence-electron chi connectivity index (χ0n) is 48.3. The lowest BCUT2D eigenvalue weighted by molar-refractivity contribution is 0.0243. The van der Waals surface area contributed by atoms with Gasteiger partial charge in [0.2, 0.25) is 0 Å². The van der Waals surface area contributed by atoms with E-state index in [-0.39, 0.29) is 11.8 Å². The Labute approximate surface area is 454 Å². The first-order valence-corrected chi connectivity index (χ1v) is 32.9. The fourth-order valence-corrected chi connectivity index (χ4v) is 20.2. The Morgan fingerprint density at radius 3 is 1.08 bits per heavy atom. The molecule has 0 aromatic heterocycles. The second-order valence-electron chi connectivity index (χ2n) is 24.7. The summed E-state index contributed by atoms with van der Waals surface area (Å²) >= 11 is 0. The average Bonchev–Trinajstić information content (AvgIpc) is 3.73. The molecule has 6 aliphatic heterocycles. The normalized spacial score (nSPS) is 37.3. The highest BCUT2D eigenvalue weighted by Gasteiger charge is 2.66. The maximum Gasteiger partial charge on any atom is 0.277 e. The molecular formula is C51H90O18S6. The van der Waals surface area contributed by atoms with Gasteiger partial charge in [0, 0.05) is 29.1 Å². The molecule has 0 N–H and O–H groups in total. The Kier molecular flexibility index (Phi) is 20.6. The van der Waals surface area contributed by atoms with Gasteiger partial charge in [-0.05, 0) is 110 Å². The molecule has 75 heavy (non-hydrogen) atoms. The smallest absolute Gasteiger partial charge is 0.264 e. The van der Waals surface area contributed by atoms with Gasteiger partial charge in [-0.3, -0.25) is 25.1 Å². The van der Waals surface area contributed by atoms with Crippen LogP contribution in [0.3, 0.4) is 0 Å². The summed E-state index contributed by atoms with van der Waals surface area (Å²) < 4.78 is 165. The van der Waals surface area contributed by atoms with E-state index in [1.165, 1.54) is 36.5 Å². The van der Waals surface area contributed by atoms with E-state index in [1.807, 2.05) is 41.5 Å². The van der Waals surface area contributed by atoms with Crippen LogP contribution in [0, 0.1) is 22.7 Å². The molecule has 438 valence electrons. The third kappa shape index (κ3) is 13.7. The number of hydrogen-bond acceptors (Lipinski definition) is 18. The highest BCUT2D eigenvalue weighted by atomic mass is 32.2. The van der Waals surface area contributed by atoms with Crippen LogP contribution in [0.4, 0.5) is 0 Å². The van der Waals surface area contributed by atoms with Crippen molar-refractivity contribution in [1.82, 2.24) is 0 Å². The molecule has 0 bridgehead atoms. The van der Waals surface area contributed by atoms with Crippen molar-refractivity contribution in [3.05, 3.63) is 75.9 Å². The lowest BCUT2D eigenvalue weighted by Crippen LogP contribution is -2.47. The van der Waals surface area contributed by atoms with Crippen molar-refractivity contribution >= 4 is 60.7 Å². The first-order chi connectivity index (χ1) is 32.7. The third-order valence-electron chi connectivity index (χ3n) is 16.5. The molecule has 6 aliphatic rings.